The van der Waals surface area contributed by atoms with E-state index in [1.54, 1.807) is 0 Å². The molecule has 0 rings (SSSR count). The van der Waals surface area contributed by atoms with Crippen LogP contribution in [-0.4, -0.2) is 11.1 Å². The molecule has 1 N–H and O–H groups in total. The number of aliphatic carboxylic acids is 1. The molecule has 1 unspecified atom stereocenters. The summed E-state index contributed by atoms with van der Waals surface area (Å²) in [6.07, 6.45) is 8.50. The molecule has 0 aromatic rings. The Labute approximate surface area is 124 Å². The molecule has 0 aliphatic rings. The molecule has 0 saturated carbocycles. The second-order valence-corrected chi connectivity index (χ2v) is 5.93. The van der Waals surface area contributed by atoms with Crippen LogP contribution in [-0.2, 0) is 4.79 Å². The molecular weight excluding hydrogens is 248 g/mol. The molecule has 0 heterocycles. The third-order valence-corrected chi connectivity index (χ3v) is 3.58. The topological polar surface area (TPSA) is 37.3 Å². The average molecular weight is 278 g/mol. The van der Waals surface area contributed by atoms with Gasteiger partial charge in [0.05, 0.1) is 0 Å². The van der Waals surface area contributed by atoms with Gasteiger partial charge in [-0.15, -0.1) is 6.58 Å². The van der Waals surface area contributed by atoms with E-state index in [2.05, 4.69) is 40.0 Å². The molecule has 2 heteroatoms. The first-order valence-corrected chi connectivity index (χ1v) is 7.50. The zero-order chi connectivity index (χ0) is 15.5. The molecule has 0 saturated heterocycles. The van der Waals surface area contributed by atoms with Gasteiger partial charge in [-0.3, -0.25) is 4.79 Å². The lowest BCUT2D eigenvalue weighted by molar-refractivity contribution is -0.137. The predicted molar refractivity (Wildman–Crippen MR) is 86.8 cm³/mol. The summed E-state index contributed by atoms with van der Waals surface area (Å²) in [5, 5.41) is 8.59. The Kier molecular flexibility index (Phi) is 9.79. The highest BCUT2D eigenvalue weighted by Gasteiger charge is 2.08. The van der Waals surface area contributed by atoms with Gasteiger partial charge < -0.3 is 5.11 Å². The molecule has 20 heavy (non-hydrogen) atoms. The zero-order valence-corrected chi connectivity index (χ0v) is 13.4. The van der Waals surface area contributed by atoms with Crippen molar-refractivity contribution in [3.8, 4) is 0 Å². The van der Waals surface area contributed by atoms with E-state index in [4.69, 9.17) is 5.11 Å². The summed E-state index contributed by atoms with van der Waals surface area (Å²) in [5.41, 5.74) is 3.82. The lowest BCUT2D eigenvalue weighted by Gasteiger charge is -2.15. The van der Waals surface area contributed by atoms with Crippen LogP contribution < -0.4 is 0 Å². The minimum Gasteiger partial charge on any atom is -0.481 e. The van der Waals surface area contributed by atoms with E-state index in [1.807, 2.05) is 0 Å². The summed E-state index contributed by atoms with van der Waals surface area (Å²) >= 11 is 0. The average Bonchev–Trinajstić information content (AvgIpc) is 2.33. The number of carboxylic acids is 1. The first kappa shape index (κ1) is 18.7. The summed E-state index contributed by atoms with van der Waals surface area (Å²) in [6, 6.07) is 0. The maximum absolute atomic E-state index is 10.4. The van der Waals surface area contributed by atoms with E-state index in [1.165, 1.54) is 16.7 Å². The minimum absolute atomic E-state index is 0.278. The third-order valence-electron chi connectivity index (χ3n) is 3.58. The van der Waals surface area contributed by atoms with Gasteiger partial charge in [-0.05, 0) is 65.2 Å². The van der Waals surface area contributed by atoms with Gasteiger partial charge in [0, 0.05) is 6.42 Å². The Balaban J connectivity index is 4.09. The molecule has 0 radical (unpaired) electrons. The number of unbranched alkanes of at least 4 members (excludes halogenated alkanes) is 1. The first-order chi connectivity index (χ1) is 9.32. The third kappa shape index (κ3) is 10.6. The Morgan fingerprint density at radius 2 is 1.70 bits per heavy atom. The maximum Gasteiger partial charge on any atom is 0.303 e. The van der Waals surface area contributed by atoms with Crippen LogP contribution in [0.4, 0.5) is 0 Å². The van der Waals surface area contributed by atoms with Gasteiger partial charge in [0.1, 0.15) is 0 Å². The molecule has 0 bridgehead atoms. The molecule has 0 aromatic carbocycles. The van der Waals surface area contributed by atoms with Crippen molar-refractivity contribution < 1.29 is 9.90 Å². The second-order valence-electron chi connectivity index (χ2n) is 5.93. The van der Waals surface area contributed by atoms with Gasteiger partial charge in [0.2, 0.25) is 0 Å². The minimum atomic E-state index is -0.700. The monoisotopic (exact) mass is 278 g/mol. The normalized spacial score (nSPS) is 13.1. The Morgan fingerprint density at radius 1 is 1.10 bits per heavy atom. The maximum atomic E-state index is 10.4. The van der Waals surface area contributed by atoms with Crippen LogP contribution in [0.2, 0.25) is 0 Å². The zero-order valence-electron chi connectivity index (χ0n) is 13.4. The molecule has 114 valence electrons. The molecule has 1 atom stereocenters. The summed E-state index contributed by atoms with van der Waals surface area (Å²) in [4.78, 5) is 10.4. The number of hydrogen-bond donors (Lipinski definition) is 1. The Bertz CT molecular complexity index is 364. The summed E-state index contributed by atoms with van der Waals surface area (Å²) < 4.78 is 0. The van der Waals surface area contributed by atoms with Gasteiger partial charge in [0.15, 0.2) is 0 Å². The summed E-state index contributed by atoms with van der Waals surface area (Å²) in [5.74, 6) is -0.172. The van der Waals surface area contributed by atoms with Crippen molar-refractivity contribution in [2.24, 2.45) is 5.92 Å². The fraction of sp³-hybridized carbons (Fsp3) is 0.611. The molecular formula is C18H30O2. The molecule has 0 fully saturated rings. The van der Waals surface area contributed by atoms with E-state index < -0.39 is 5.97 Å². The summed E-state index contributed by atoms with van der Waals surface area (Å²) in [6.45, 7) is 14.3. The van der Waals surface area contributed by atoms with E-state index in [0.29, 0.717) is 5.92 Å². The van der Waals surface area contributed by atoms with E-state index in [0.717, 1.165) is 38.5 Å². The van der Waals surface area contributed by atoms with Gasteiger partial charge in [-0.25, -0.2) is 0 Å². The van der Waals surface area contributed by atoms with Crippen molar-refractivity contribution in [1.29, 1.82) is 0 Å². The van der Waals surface area contributed by atoms with Gasteiger partial charge in [0.25, 0.3) is 0 Å². The second kappa shape index (κ2) is 10.5. The van der Waals surface area contributed by atoms with Crippen molar-refractivity contribution in [3.05, 3.63) is 36.0 Å². The van der Waals surface area contributed by atoms with Crippen LogP contribution >= 0.6 is 0 Å². The SMILES string of the molecule is C=C(C)CCC(C/C=C(/C)CCCCC(=O)O)C(=C)C. The number of carboxylic acid groups (broad SMARTS) is 1. The van der Waals surface area contributed by atoms with E-state index in [9.17, 15) is 4.79 Å². The van der Waals surface area contributed by atoms with Gasteiger partial charge in [-0.2, -0.15) is 0 Å². The van der Waals surface area contributed by atoms with E-state index >= 15 is 0 Å². The fourth-order valence-corrected chi connectivity index (χ4v) is 2.11. The standard InChI is InChI=1S/C18H30O2/c1-14(2)10-12-17(15(3)4)13-11-16(5)8-6-7-9-18(19)20/h11,17H,1,3,6-10,12-13H2,2,4-5H3,(H,19,20)/b16-11-. The van der Waals surface area contributed by atoms with Crippen LogP contribution in [0.3, 0.4) is 0 Å². The van der Waals surface area contributed by atoms with Crippen molar-refractivity contribution in [2.75, 3.05) is 0 Å². The number of carbonyl (C=O) groups is 1. The molecule has 2 nitrogen and oxygen atoms in total. The van der Waals surface area contributed by atoms with Crippen LogP contribution in [0, 0.1) is 5.92 Å². The largest absolute Gasteiger partial charge is 0.481 e. The van der Waals surface area contributed by atoms with Crippen molar-refractivity contribution in [2.45, 2.75) is 65.7 Å². The van der Waals surface area contributed by atoms with Crippen LogP contribution in [0.5, 0.6) is 0 Å². The highest BCUT2D eigenvalue weighted by Crippen LogP contribution is 2.23. The number of allylic oxidation sites excluding steroid dienone is 4. The molecule has 0 aliphatic heterocycles. The first-order valence-electron chi connectivity index (χ1n) is 7.50. The quantitative estimate of drug-likeness (QED) is 0.399. The van der Waals surface area contributed by atoms with Crippen molar-refractivity contribution in [3.63, 3.8) is 0 Å². The van der Waals surface area contributed by atoms with Gasteiger partial charge >= 0.3 is 5.97 Å². The Hall–Kier alpha value is -1.31. The van der Waals surface area contributed by atoms with Gasteiger partial charge in [-0.1, -0.05) is 29.4 Å². The molecule has 0 spiro atoms. The lowest BCUT2D eigenvalue weighted by Crippen LogP contribution is -2.01. The molecule has 0 aromatic heterocycles. The van der Waals surface area contributed by atoms with E-state index in [-0.39, 0.29) is 6.42 Å². The lowest BCUT2D eigenvalue weighted by atomic mass is 9.90. The van der Waals surface area contributed by atoms with Crippen LogP contribution in [0.15, 0.2) is 36.0 Å². The molecule has 0 amide bonds. The number of hydrogen-bond acceptors (Lipinski definition) is 1. The van der Waals surface area contributed by atoms with Crippen LogP contribution in [0.25, 0.3) is 0 Å². The van der Waals surface area contributed by atoms with Crippen molar-refractivity contribution in [1.82, 2.24) is 0 Å². The molecule has 0 aliphatic carbocycles. The highest BCUT2D eigenvalue weighted by atomic mass is 16.4. The fourth-order valence-electron chi connectivity index (χ4n) is 2.11. The Morgan fingerprint density at radius 3 is 2.20 bits per heavy atom. The number of rotatable bonds is 11. The predicted octanol–water partition coefficient (Wildman–Crippen LogP) is 5.52. The van der Waals surface area contributed by atoms with Crippen molar-refractivity contribution >= 4 is 5.97 Å². The smallest absolute Gasteiger partial charge is 0.303 e. The summed E-state index contributed by atoms with van der Waals surface area (Å²) in [7, 11) is 0. The highest BCUT2D eigenvalue weighted by molar-refractivity contribution is 5.66. The van der Waals surface area contributed by atoms with Crippen LogP contribution in [0.1, 0.15) is 65.7 Å².